The molecular weight excluding hydrogens is 288 g/mol. The van der Waals surface area contributed by atoms with Gasteiger partial charge in [0.2, 0.25) is 5.88 Å². The zero-order valence-corrected chi connectivity index (χ0v) is 11.9. The number of hydrogen-bond donors (Lipinski definition) is 3. The van der Waals surface area contributed by atoms with Crippen LogP contribution in [-0.2, 0) is 6.54 Å². The van der Waals surface area contributed by atoms with Gasteiger partial charge < -0.3 is 10.8 Å². The number of nitrogens with one attached hydrogen (secondary N) is 1. The van der Waals surface area contributed by atoms with Gasteiger partial charge in [0.05, 0.1) is 5.69 Å². The fraction of sp³-hybridized carbons (Fsp3) is 0.0714. The van der Waals surface area contributed by atoms with E-state index < -0.39 is 5.56 Å². The summed E-state index contributed by atoms with van der Waals surface area (Å²) in [5.74, 6) is -0.247. The summed E-state index contributed by atoms with van der Waals surface area (Å²) in [6.45, 7) is 3.86. The highest BCUT2D eigenvalue weighted by atomic mass is 32.1. The minimum atomic E-state index is -0.503. The average molecular weight is 302 g/mol. The van der Waals surface area contributed by atoms with Crippen LogP contribution in [0.2, 0.25) is 0 Å². The number of H-pyrrole nitrogens is 1. The van der Waals surface area contributed by atoms with Crippen LogP contribution < -0.4 is 11.3 Å². The SMILES string of the molecule is C=CCn1c(O)c(C=Nc2ccc(N)cc2)c(=O)[nH]c1=S. The standard InChI is InChI=1S/C14H14N4O2S/c1-2-7-18-13(20)11(12(19)17-14(18)21)8-16-10-5-3-9(15)4-6-10/h2-6,8,20H,1,7,15H2,(H,17,19,21). The summed E-state index contributed by atoms with van der Waals surface area (Å²) in [6, 6.07) is 6.80. The Morgan fingerprint density at radius 2 is 2.10 bits per heavy atom. The molecule has 1 heterocycles. The minimum absolute atomic E-state index is 0.0299. The smallest absolute Gasteiger partial charge is 0.264 e. The van der Waals surface area contributed by atoms with E-state index in [9.17, 15) is 9.90 Å². The Kier molecular flexibility index (Phi) is 4.34. The van der Waals surface area contributed by atoms with E-state index in [1.54, 1.807) is 30.3 Å². The van der Waals surface area contributed by atoms with Crippen molar-refractivity contribution in [2.24, 2.45) is 4.99 Å². The van der Waals surface area contributed by atoms with Gasteiger partial charge in [0.15, 0.2) is 4.77 Å². The van der Waals surface area contributed by atoms with Crippen LogP contribution in [0, 0.1) is 4.77 Å². The molecular formula is C14H14N4O2S. The number of hydrogen-bond acceptors (Lipinski definition) is 5. The lowest BCUT2D eigenvalue weighted by molar-refractivity contribution is 0.413. The number of aliphatic imine (C=N–C) groups is 1. The van der Waals surface area contributed by atoms with Gasteiger partial charge in [-0.3, -0.25) is 19.3 Å². The van der Waals surface area contributed by atoms with E-state index in [1.807, 2.05) is 0 Å². The number of benzene rings is 1. The maximum Gasteiger partial charge on any atom is 0.264 e. The molecule has 6 nitrogen and oxygen atoms in total. The van der Waals surface area contributed by atoms with Crippen LogP contribution in [0.15, 0.2) is 46.7 Å². The highest BCUT2D eigenvalue weighted by Crippen LogP contribution is 2.16. The Morgan fingerprint density at radius 3 is 2.71 bits per heavy atom. The van der Waals surface area contributed by atoms with E-state index in [-0.39, 0.29) is 22.8 Å². The van der Waals surface area contributed by atoms with Crippen LogP contribution in [0.1, 0.15) is 5.56 Å². The summed E-state index contributed by atoms with van der Waals surface area (Å²) in [4.78, 5) is 18.5. The third-order valence-corrected chi connectivity index (χ3v) is 3.08. The van der Waals surface area contributed by atoms with Gasteiger partial charge in [-0.2, -0.15) is 0 Å². The number of anilines is 1. The second-order valence-electron chi connectivity index (χ2n) is 4.25. The molecule has 0 aliphatic carbocycles. The first-order chi connectivity index (χ1) is 10.0. The monoisotopic (exact) mass is 302 g/mol. The van der Waals surface area contributed by atoms with E-state index >= 15 is 0 Å². The van der Waals surface area contributed by atoms with Crippen molar-refractivity contribution in [1.82, 2.24) is 9.55 Å². The molecule has 21 heavy (non-hydrogen) atoms. The predicted molar refractivity (Wildman–Crippen MR) is 85.9 cm³/mol. The molecule has 4 N–H and O–H groups in total. The lowest BCUT2D eigenvalue weighted by Crippen LogP contribution is -2.18. The molecule has 0 amide bonds. The van der Waals surface area contributed by atoms with Crippen LogP contribution in [0.4, 0.5) is 11.4 Å². The second-order valence-corrected chi connectivity index (χ2v) is 4.63. The summed E-state index contributed by atoms with van der Waals surface area (Å²) >= 11 is 4.99. The Labute approximate surface area is 125 Å². The largest absolute Gasteiger partial charge is 0.494 e. The lowest BCUT2D eigenvalue weighted by atomic mass is 10.3. The molecule has 7 heteroatoms. The summed E-state index contributed by atoms with van der Waals surface area (Å²) < 4.78 is 1.48. The van der Waals surface area contributed by atoms with Crippen LogP contribution in [-0.4, -0.2) is 20.9 Å². The molecule has 0 bridgehead atoms. The third-order valence-electron chi connectivity index (χ3n) is 2.75. The van der Waals surface area contributed by atoms with E-state index in [4.69, 9.17) is 18.0 Å². The molecule has 0 spiro atoms. The lowest BCUT2D eigenvalue weighted by Gasteiger charge is -2.08. The molecule has 2 rings (SSSR count). The predicted octanol–water partition coefficient (Wildman–Crippen LogP) is 2.13. The molecule has 0 unspecified atom stereocenters. The van der Waals surface area contributed by atoms with Gasteiger partial charge in [-0.05, 0) is 36.5 Å². The van der Waals surface area contributed by atoms with E-state index in [2.05, 4.69) is 16.6 Å². The molecule has 0 aliphatic heterocycles. The molecule has 0 atom stereocenters. The van der Waals surface area contributed by atoms with Gasteiger partial charge in [0, 0.05) is 18.4 Å². The molecule has 1 aromatic carbocycles. The Bertz CT molecular complexity index is 803. The molecule has 2 aromatic rings. The molecule has 0 saturated heterocycles. The fourth-order valence-corrected chi connectivity index (χ4v) is 1.94. The molecule has 108 valence electrons. The number of aromatic amines is 1. The van der Waals surface area contributed by atoms with Crippen molar-refractivity contribution in [3.05, 3.63) is 57.6 Å². The summed E-state index contributed by atoms with van der Waals surface area (Å²) in [6.07, 6.45) is 2.85. The number of nitrogens with zero attached hydrogens (tertiary/aromatic N) is 2. The quantitative estimate of drug-likeness (QED) is 0.349. The molecule has 1 aromatic heterocycles. The normalized spacial score (nSPS) is 10.9. The number of rotatable bonds is 4. The molecule has 0 radical (unpaired) electrons. The van der Waals surface area contributed by atoms with Gasteiger partial charge in [-0.1, -0.05) is 6.08 Å². The topological polar surface area (TPSA) is 96.4 Å². The summed E-state index contributed by atoms with van der Waals surface area (Å²) in [5, 5.41) is 10.1. The first kappa shape index (κ1) is 14.7. The van der Waals surface area contributed by atoms with Gasteiger partial charge in [-0.15, -0.1) is 6.58 Å². The number of nitrogen functional groups attached to an aromatic ring is 1. The van der Waals surface area contributed by atoms with Crippen molar-refractivity contribution in [3.63, 3.8) is 0 Å². The average Bonchev–Trinajstić information content (AvgIpc) is 2.45. The van der Waals surface area contributed by atoms with Crippen molar-refractivity contribution in [3.8, 4) is 5.88 Å². The van der Waals surface area contributed by atoms with E-state index in [0.717, 1.165) is 0 Å². The van der Waals surface area contributed by atoms with Crippen LogP contribution >= 0.6 is 12.2 Å². The molecule has 0 aliphatic rings. The van der Waals surface area contributed by atoms with Crippen molar-refractivity contribution in [1.29, 1.82) is 0 Å². The maximum atomic E-state index is 11.9. The van der Waals surface area contributed by atoms with E-state index in [0.29, 0.717) is 11.4 Å². The third kappa shape index (κ3) is 3.26. The highest BCUT2D eigenvalue weighted by molar-refractivity contribution is 7.71. The van der Waals surface area contributed by atoms with Crippen LogP contribution in [0.3, 0.4) is 0 Å². The molecule has 0 saturated carbocycles. The zero-order valence-electron chi connectivity index (χ0n) is 11.1. The number of aromatic nitrogens is 2. The fourth-order valence-electron chi connectivity index (χ4n) is 1.69. The number of aromatic hydroxyl groups is 1. The zero-order chi connectivity index (χ0) is 15.4. The van der Waals surface area contributed by atoms with E-state index in [1.165, 1.54) is 10.8 Å². The minimum Gasteiger partial charge on any atom is -0.494 e. The Morgan fingerprint density at radius 1 is 1.43 bits per heavy atom. The summed E-state index contributed by atoms with van der Waals surface area (Å²) in [7, 11) is 0. The first-order valence-corrected chi connectivity index (χ1v) is 6.50. The Hall–Kier alpha value is -2.67. The van der Waals surface area contributed by atoms with Gasteiger partial charge in [0.1, 0.15) is 5.56 Å². The summed E-state index contributed by atoms with van der Waals surface area (Å²) in [5.41, 5.74) is 6.34. The molecule has 0 fully saturated rings. The maximum absolute atomic E-state index is 11.9. The number of nitrogens with two attached hydrogens (primary N) is 1. The highest BCUT2D eigenvalue weighted by Gasteiger charge is 2.09. The van der Waals surface area contributed by atoms with Crippen LogP contribution in [0.5, 0.6) is 5.88 Å². The Balaban J connectivity index is 2.46. The van der Waals surface area contributed by atoms with Gasteiger partial charge in [-0.25, -0.2) is 0 Å². The van der Waals surface area contributed by atoms with Gasteiger partial charge >= 0.3 is 0 Å². The van der Waals surface area contributed by atoms with Crippen molar-refractivity contribution in [2.75, 3.05) is 5.73 Å². The second kappa shape index (κ2) is 6.19. The van der Waals surface area contributed by atoms with Crippen molar-refractivity contribution >= 4 is 29.8 Å². The first-order valence-electron chi connectivity index (χ1n) is 6.09. The van der Waals surface area contributed by atoms with Crippen LogP contribution in [0.25, 0.3) is 0 Å². The number of allylic oxidation sites excluding steroid dienone is 1. The van der Waals surface area contributed by atoms with Gasteiger partial charge in [0.25, 0.3) is 5.56 Å². The van der Waals surface area contributed by atoms with Crippen molar-refractivity contribution < 1.29 is 5.11 Å². The van der Waals surface area contributed by atoms with Crippen molar-refractivity contribution in [2.45, 2.75) is 6.54 Å².